The normalized spacial score (nSPS) is 11.6. The molecule has 0 saturated carbocycles. The van der Waals surface area contributed by atoms with Crippen molar-refractivity contribution in [1.29, 1.82) is 0 Å². The predicted octanol–water partition coefficient (Wildman–Crippen LogP) is 3.33. The molecule has 0 bridgehead atoms. The molecule has 2 N–H and O–H groups in total. The topological polar surface area (TPSA) is 88.9 Å². The van der Waals surface area contributed by atoms with E-state index in [0.29, 0.717) is 16.9 Å². The lowest BCUT2D eigenvalue weighted by atomic mass is 10.2. The quantitative estimate of drug-likeness (QED) is 0.571. The number of hydrogen-bond acceptors (Lipinski definition) is 4. The van der Waals surface area contributed by atoms with Crippen LogP contribution in [0.3, 0.4) is 0 Å². The minimum atomic E-state index is -0.474. The first-order valence-corrected chi connectivity index (χ1v) is 8.93. The van der Waals surface area contributed by atoms with Crippen molar-refractivity contribution in [2.75, 3.05) is 10.6 Å². The van der Waals surface area contributed by atoms with Crippen LogP contribution in [0.15, 0.2) is 61.2 Å². The van der Waals surface area contributed by atoms with Gasteiger partial charge in [0, 0.05) is 20.5 Å². The Morgan fingerprint density at radius 3 is 2.19 bits per heavy atom. The average molecular weight is 461 g/mol. The summed E-state index contributed by atoms with van der Waals surface area (Å²) in [6, 6.07) is 13.8. The smallest absolute Gasteiger partial charge is 0.255 e. The maximum Gasteiger partial charge on any atom is 0.255 e. The van der Waals surface area contributed by atoms with Gasteiger partial charge in [0.15, 0.2) is 0 Å². The number of benzene rings is 2. The van der Waals surface area contributed by atoms with Gasteiger partial charge in [-0.15, -0.1) is 0 Å². The first kappa shape index (κ1) is 18.1. The molecule has 1 heterocycles. The zero-order valence-corrected chi connectivity index (χ0v) is 16.0. The number of halogens is 1. The summed E-state index contributed by atoms with van der Waals surface area (Å²) >= 11 is 2.19. The summed E-state index contributed by atoms with van der Waals surface area (Å²) in [6.45, 7) is 1.74. The lowest BCUT2D eigenvalue weighted by Gasteiger charge is -2.12. The number of hydrogen-bond donors (Lipinski definition) is 2. The van der Waals surface area contributed by atoms with E-state index < -0.39 is 6.04 Å². The number of aromatic nitrogens is 3. The summed E-state index contributed by atoms with van der Waals surface area (Å²) in [6.07, 6.45) is 2.88. The van der Waals surface area contributed by atoms with Crippen LogP contribution in [0.4, 0.5) is 11.4 Å². The van der Waals surface area contributed by atoms with E-state index in [2.05, 4.69) is 43.3 Å². The number of anilines is 2. The second kappa shape index (κ2) is 8.09. The van der Waals surface area contributed by atoms with Gasteiger partial charge in [-0.3, -0.25) is 9.59 Å². The van der Waals surface area contributed by atoms with Gasteiger partial charge in [-0.2, -0.15) is 5.10 Å². The number of carbonyl (C=O) groups excluding carboxylic acids is 2. The SMILES string of the molecule is CC(C(=O)Nc1ccc(NC(=O)c2ccc(I)cc2)cc1)n1cncn1. The number of rotatable bonds is 5. The van der Waals surface area contributed by atoms with Gasteiger partial charge in [0.25, 0.3) is 5.91 Å². The second-order valence-corrected chi connectivity index (χ2v) is 6.82. The molecule has 2 aromatic carbocycles. The largest absolute Gasteiger partial charge is 0.324 e. The van der Waals surface area contributed by atoms with Gasteiger partial charge in [0.2, 0.25) is 5.91 Å². The molecule has 0 saturated heterocycles. The number of amides is 2. The van der Waals surface area contributed by atoms with Gasteiger partial charge in [0.1, 0.15) is 18.7 Å². The van der Waals surface area contributed by atoms with E-state index in [0.717, 1.165) is 3.57 Å². The highest BCUT2D eigenvalue weighted by molar-refractivity contribution is 14.1. The van der Waals surface area contributed by atoms with E-state index in [1.807, 2.05) is 12.1 Å². The fraction of sp³-hybridized carbons (Fsp3) is 0.111. The Kier molecular flexibility index (Phi) is 5.61. The number of nitrogens with zero attached hydrogens (tertiary/aromatic N) is 3. The van der Waals surface area contributed by atoms with Gasteiger partial charge >= 0.3 is 0 Å². The van der Waals surface area contributed by atoms with Crippen LogP contribution < -0.4 is 10.6 Å². The first-order chi connectivity index (χ1) is 12.5. The van der Waals surface area contributed by atoms with Crippen LogP contribution in [-0.4, -0.2) is 26.6 Å². The maximum atomic E-state index is 12.2. The fourth-order valence-electron chi connectivity index (χ4n) is 2.23. The van der Waals surface area contributed by atoms with Gasteiger partial charge in [-0.25, -0.2) is 9.67 Å². The van der Waals surface area contributed by atoms with Crippen molar-refractivity contribution in [3.8, 4) is 0 Å². The van der Waals surface area contributed by atoms with Crippen molar-refractivity contribution >= 4 is 45.8 Å². The number of carbonyl (C=O) groups is 2. The minimum absolute atomic E-state index is 0.182. The van der Waals surface area contributed by atoms with Crippen molar-refractivity contribution in [3.05, 3.63) is 70.3 Å². The molecule has 0 aliphatic heterocycles. The van der Waals surface area contributed by atoms with Crippen LogP contribution in [-0.2, 0) is 4.79 Å². The Morgan fingerprint density at radius 1 is 1.00 bits per heavy atom. The first-order valence-electron chi connectivity index (χ1n) is 7.85. The predicted molar refractivity (Wildman–Crippen MR) is 107 cm³/mol. The molecule has 1 unspecified atom stereocenters. The molecular weight excluding hydrogens is 445 g/mol. The van der Waals surface area contributed by atoms with Gasteiger partial charge < -0.3 is 10.6 Å². The van der Waals surface area contributed by atoms with Crippen LogP contribution in [0.2, 0.25) is 0 Å². The summed E-state index contributed by atoms with van der Waals surface area (Å²) in [5.41, 5.74) is 1.87. The number of nitrogens with one attached hydrogen (secondary N) is 2. The molecule has 3 aromatic rings. The highest BCUT2D eigenvalue weighted by Crippen LogP contribution is 2.16. The molecule has 132 valence electrons. The summed E-state index contributed by atoms with van der Waals surface area (Å²) in [5.74, 6) is -0.385. The van der Waals surface area contributed by atoms with Crippen LogP contribution in [0.25, 0.3) is 0 Å². The van der Waals surface area contributed by atoms with E-state index in [-0.39, 0.29) is 11.8 Å². The van der Waals surface area contributed by atoms with Crippen LogP contribution in [0.1, 0.15) is 23.3 Å². The lowest BCUT2D eigenvalue weighted by Crippen LogP contribution is -2.24. The Labute approximate surface area is 164 Å². The molecule has 3 rings (SSSR count). The molecule has 1 atom stereocenters. The average Bonchev–Trinajstić information content (AvgIpc) is 3.18. The van der Waals surface area contributed by atoms with E-state index >= 15 is 0 Å². The molecule has 0 radical (unpaired) electrons. The van der Waals surface area contributed by atoms with E-state index in [1.165, 1.54) is 17.3 Å². The van der Waals surface area contributed by atoms with Crippen LogP contribution in [0.5, 0.6) is 0 Å². The van der Waals surface area contributed by atoms with Gasteiger partial charge in [-0.1, -0.05) is 0 Å². The molecule has 8 heteroatoms. The monoisotopic (exact) mass is 461 g/mol. The molecule has 0 aliphatic carbocycles. The standard InChI is InChI=1S/C18H16IN5O2/c1-12(24-11-20-10-21-24)17(25)22-15-6-8-16(9-7-15)23-18(26)13-2-4-14(19)5-3-13/h2-12H,1H3,(H,22,25)(H,23,26). The Balaban J connectivity index is 1.60. The van der Waals surface area contributed by atoms with Crippen molar-refractivity contribution in [2.45, 2.75) is 13.0 Å². The molecule has 2 amide bonds. The summed E-state index contributed by atoms with van der Waals surface area (Å²) in [4.78, 5) is 28.3. The summed E-state index contributed by atoms with van der Waals surface area (Å²) in [5, 5.41) is 9.59. The third-order valence-electron chi connectivity index (χ3n) is 3.73. The minimum Gasteiger partial charge on any atom is -0.324 e. The van der Waals surface area contributed by atoms with Crippen LogP contribution >= 0.6 is 22.6 Å². The fourth-order valence-corrected chi connectivity index (χ4v) is 2.59. The van der Waals surface area contributed by atoms with Crippen molar-refractivity contribution in [1.82, 2.24) is 14.8 Å². The van der Waals surface area contributed by atoms with Crippen molar-refractivity contribution < 1.29 is 9.59 Å². The molecule has 1 aromatic heterocycles. The van der Waals surface area contributed by atoms with Crippen LogP contribution in [0, 0.1) is 3.57 Å². The molecular formula is C18H16IN5O2. The molecule has 0 spiro atoms. The summed E-state index contributed by atoms with van der Waals surface area (Å²) in [7, 11) is 0. The summed E-state index contributed by atoms with van der Waals surface area (Å²) < 4.78 is 2.55. The van der Waals surface area contributed by atoms with Crippen molar-refractivity contribution in [2.24, 2.45) is 0 Å². The van der Waals surface area contributed by atoms with E-state index in [9.17, 15) is 9.59 Å². The van der Waals surface area contributed by atoms with Gasteiger partial charge in [0.05, 0.1) is 0 Å². The van der Waals surface area contributed by atoms with E-state index in [4.69, 9.17) is 0 Å². The highest BCUT2D eigenvalue weighted by Gasteiger charge is 2.15. The Bertz CT molecular complexity index is 892. The second-order valence-electron chi connectivity index (χ2n) is 5.58. The van der Waals surface area contributed by atoms with Gasteiger partial charge in [-0.05, 0) is 78.0 Å². The van der Waals surface area contributed by atoms with E-state index in [1.54, 1.807) is 43.3 Å². The molecule has 7 nitrogen and oxygen atoms in total. The highest BCUT2D eigenvalue weighted by atomic mass is 127. The Hall–Kier alpha value is -2.75. The third-order valence-corrected chi connectivity index (χ3v) is 4.45. The Morgan fingerprint density at radius 2 is 1.62 bits per heavy atom. The lowest BCUT2D eigenvalue weighted by molar-refractivity contribution is -0.119. The zero-order valence-electron chi connectivity index (χ0n) is 13.9. The zero-order chi connectivity index (χ0) is 18.5. The molecule has 0 aliphatic rings. The molecule has 0 fully saturated rings. The maximum absolute atomic E-state index is 12.2. The molecule has 26 heavy (non-hydrogen) atoms. The van der Waals surface area contributed by atoms with Crippen molar-refractivity contribution in [3.63, 3.8) is 0 Å². The third kappa shape index (κ3) is 4.45.